The Kier molecular flexibility index (Phi) is 3.73. The highest BCUT2D eigenvalue weighted by molar-refractivity contribution is 5.53. The summed E-state index contributed by atoms with van der Waals surface area (Å²) in [5.74, 6) is -3.42. The van der Waals surface area contributed by atoms with Gasteiger partial charge in [0.05, 0.1) is 26.9 Å². The Bertz CT molecular complexity index is 455. The Labute approximate surface area is 97.3 Å². The fraction of sp³-hybridized carbons (Fsp3) is 0.364. The smallest absolute Gasteiger partial charge is 0.361 e. The Morgan fingerprint density at radius 2 is 1.47 bits per heavy atom. The van der Waals surface area contributed by atoms with E-state index < -0.39 is 11.5 Å². The summed E-state index contributed by atoms with van der Waals surface area (Å²) in [6, 6.07) is 3.19. The molecule has 1 rings (SSSR count). The van der Waals surface area contributed by atoms with E-state index in [9.17, 15) is 8.78 Å². The minimum Gasteiger partial charge on any atom is -0.496 e. The van der Waals surface area contributed by atoms with Gasteiger partial charge < -0.3 is 14.2 Å². The predicted octanol–water partition coefficient (Wildman–Crippen LogP) is 2.33. The largest absolute Gasteiger partial charge is 0.496 e. The molecule has 0 radical (unpaired) electrons. The van der Waals surface area contributed by atoms with Crippen molar-refractivity contribution in [2.75, 3.05) is 21.3 Å². The summed E-state index contributed by atoms with van der Waals surface area (Å²) in [7, 11) is 3.93. The zero-order valence-electron chi connectivity index (χ0n) is 9.58. The summed E-state index contributed by atoms with van der Waals surface area (Å²) >= 11 is 0. The van der Waals surface area contributed by atoms with Crippen LogP contribution in [0.1, 0.15) is 5.56 Å². The van der Waals surface area contributed by atoms with Gasteiger partial charge in [0.25, 0.3) is 0 Å². The number of nitriles is 1. The Morgan fingerprint density at radius 3 is 1.88 bits per heavy atom. The van der Waals surface area contributed by atoms with Crippen molar-refractivity contribution in [3.05, 3.63) is 17.7 Å². The summed E-state index contributed by atoms with van der Waals surface area (Å²) in [5.41, 5.74) is -0.555. The highest BCUT2D eigenvalue weighted by Gasteiger charge is 2.36. The number of hydrogen-bond donors (Lipinski definition) is 0. The van der Waals surface area contributed by atoms with Gasteiger partial charge in [0.1, 0.15) is 11.8 Å². The van der Waals surface area contributed by atoms with Crippen LogP contribution in [-0.4, -0.2) is 21.3 Å². The molecule has 0 N–H and O–H groups in total. The third-order valence-corrected chi connectivity index (χ3v) is 2.18. The first-order valence-corrected chi connectivity index (χ1v) is 4.59. The summed E-state index contributed by atoms with van der Waals surface area (Å²) < 4.78 is 41.3. The van der Waals surface area contributed by atoms with Gasteiger partial charge in [0.2, 0.25) is 0 Å². The molecular formula is C11H11F2NO3. The quantitative estimate of drug-likeness (QED) is 0.814. The average molecular weight is 243 g/mol. The maximum Gasteiger partial charge on any atom is 0.361 e. The molecular weight excluding hydrogens is 232 g/mol. The number of rotatable bonds is 4. The van der Waals surface area contributed by atoms with E-state index >= 15 is 0 Å². The van der Waals surface area contributed by atoms with Crippen LogP contribution in [0.2, 0.25) is 0 Å². The van der Waals surface area contributed by atoms with Crippen molar-refractivity contribution in [3.8, 4) is 23.3 Å². The van der Waals surface area contributed by atoms with E-state index in [0.717, 1.165) is 12.1 Å². The number of nitrogens with zero attached hydrogens (tertiary/aromatic N) is 1. The van der Waals surface area contributed by atoms with Gasteiger partial charge in [-0.25, -0.2) is 0 Å². The van der Waals surface area contributed by atoms with Gasteiger partial charge in [-0.3, -0.25) is 0 Å². The van der Waals surface area contributed by atoms with Crippen LogP contribution < -0.4 is 14.2 Å². The number of benzene rings is 1. The van der Waals surface area contributed by atoms with E-state index in [1.54, 1.807) is 0 Å². The lowest BCUT2D eigenvalue weighted by Gasteiger charge is -2.16. The van der Waals surface area contributed by atoms with Crippen LogP contribution in [0.5, 0.6) is 17.2 Å². The molecule has 0 amide bonds. The molecule has 1 aromatic rings. The molecule has 1 aromatic carbocycles. The lowest BCUT2D eigenvalue weighted by molar-refractivity contribution is 0.0580. The maximum atomic E-state index is 13.3. The fourth-order valence-corrected chi connectivity index (χ4v) is 1.33. The zero-order valence-corrected chi connectivity index (χ0v) is 9.58. The molecule has 92 valence electrons. The Balaban J connectivity index is 3.45. The van der Waals surface area contributed by atoms with Crippen molar-refractivity contribution in [2.45, 2.75) is 5.92 Å². The van der Waals surface area contributed by atoms with Gasteiger partial charge in [-0.1, -0.05) is 0 Å². The van der Waals surface area contributed by atoms with Gasteiger partial charge in [-0.15, -0.1) is 0 Å². The number of hydrogen-bond acceptors (Lipinski definition) is 4. The third kappa shape index (κ3) is 2.38. The molecule has 0 aliphatic heterocycles. The third-order valence-electron chi connectivity index (χ3n) is 2.18. The molecule has 0 saturated carbocycles. The van der Waals surface area contributed by atoms with Gasteiger partial charge in [0.15, 0.2) is 11.5 Å². The van der Waals surface area contributed by atoms with Crippen LogP contribution in [0.3, 0.4) is 0 Å². The monoisotopic (exact) mass is 243 g/mol. The van der Waals surface area contributed by atoms with E-state index in [2.05, 4.69) is 0 Å². The van der Waals surface area contributed by atoms with Crippen LogP contribution >= 0.6 is 0 Å². The number of methoxy groups -OCH3 is 3. The maximum absolute atomic E-state index is 13.3. The van der Waals surface area contributed by atoms with Crippen molar-refractivity contribution in [2.24, 2.45) is 0 Å². The molecule has 0 aliphatic rings. The predicted molar refractivity (Wildman–Crippen MR) is 55.6 cm³/mol. The first kappa shape index (κ1) is 13.0. The summed E-state index contributed by atoms with van der Waals surface area (Å²) in [6.45, 7) is 0. The molecule has 17 heavy (non-hydrogen) atoms. The normalized spacial score (nSPS) is 10.6. The van der Waals surface area contributed by atoms with Crippen LogP contribution in [0.25, 0.3) is 0 Å². The topological polar surface area (TPSA) is 51.5 Å². The van der Waals surface area contributed by atoms with Gasteiger partial charge in [-0.2, -0.15) is 14.0 Å². The van der Waals surface area contributed by atoms with Crippen LogP contribution in [0, 0.1) is 11.3 Å². The lowest BCUT2D eigenvalue weighted by atomic mass is 10.1. The first-order valence-electron chi connectivity index (χ1n) is 4.59. The van der Waals surface area contributed by atoms with E-state index in [1.165, 1.54) is 27.4 Å². The van der Waals surface area contributed by atoms with E-state index in [1.807, 2.05) is 0 Å². The SMILES string of the molecule is COc1cc(OC)c(C(F)(F)C#N)cc1OC. The molecule has 6 heteroatoms. The molecule has 4 nitrogen and oxygen atoms in total. The van der Waals surface area contributed by atoms with Gasteiger partial charge >= 0.3 is 5.92 Å². The second kappa shape index (κ2) is 4.87. The average Bonchev–Trinajstić information content (AvgIpc) is 2.36. The molecule has 0 saturated heterocycles. The molecule has 0 spiro atoms. The molecule has 0 atom stereocenters. The summed E-state index contributed by atoms with van der Waals surface area (Å²) in [4.78, 5) is 0. The highest BCUT2D eigenvalue weighted by Crippen LogP contribution is 2.41. The first-order chi connectivity index (χ1) is 8.00. The summed E-state index contributed by atoms with van der Waals surface area (Å²) in [5, 5.41) is 8.43. The number of halogens is 2. The van der Waals surface area contributed by atoms with Crippen LogP contribution in [0.15, 0.2) is 12.1 Å². The standard InChI is InChI=1S/C11H11F2NO3/c1-15-8-5-10(17-3)9(16-2)4-7(8)11(12,13)6-14/h4-5H,1-3H3. The van der Waals surface area contributed by atoms with Crippen molar-refractivity contribution in [1.29, 1.82) is 5.26 Å². The van der Waals surface area contributed by atoms with E-state index in [4.69, 9.17) is 19.5 Å². The van der Waals surface area contributed by atoms with Crippen molar-refractivity contribution in [3.63, 3.8) is 0 Å². The van der Waals surface area contributed by atoms with Gasteiger partial charge in [0, 0.05) is 6.07 Å². The Hall–Kier alpha value is -2.03. The molecule has 0 unspecified atom stereocenters. The Morgan fingerprint density at radius 1 is 1.00 bits per heavy atom. The van der Waals surface area contributed by atoms with Crippen molar-refractivity contribution < 1.29 is 23.0 Å². The number of alkyl halides is 2. The zero-order chi connectivity index (χ0) is 13.1. The minimum absolute atomic E-state index is 0.109. The second-order valence-corrected chi connectivity index (χ2v) is 3.09. The molecule has 0 aliphatic carbocycles. The molecule has 0 heterocycles. The lowest BCUT2D eigenvalue weighted by Crippen LogP contribution is -2.12. The fourth-order valence-electron chi connectivity index (χ4n) is 1.33. The van der Waals surface area contributed by atoms with Crippen LogP contribution in [0.4, 0.5) is 8.78 Å². The van der Waals surface area contributed by atoms with Crippen LogP contribution in [-0.2, 0) is 5.92 Å². The molecule has 0 aromatic heterocycles. The molecule has 0 bridgehead atoms. The van der Waals surface area contributed by atoms with Gasteiger partial charge in [-0.05, 0) is 6.07 Å². The minimum atomic E-state index is -3.65. The van der Waals surface area contributed by atoms with E-state index in [0.29, 0.717) is 0 Å². The van der Waals surface area contributed by atoms with E-state index in [-0.39, 0.29) is 17.2 Å². The highest BCUT2D eigenvalue weighted by atomic mass is 19.3. The summed E-state index contributed by atoms with van der Waals surface area (Å²) in [6.07, 6.45) is 0. The second-order valence-electron chi connectivity index (χ2n) is 3.09. The van der Waals surface area contributed by atoms with Crippen molar-refractivity contribution in [1.82, 2.24) is 0 Å². The number of ether oxygens (including phenoxy) is 3. The molecule has 0 fully saturated rings. The van der Waals surface area contributed by atoms with Crippen molar-refractivity contribution >= 4 is 0 Å².